The molecule has 0 spiro atoms. The van der Waals surface area contributed by atoms with Crippen LogP contribution in [0.4, 0.5) is 0 Å². The second-order valence-electron chi connectivity index (χ2n) is 6.90. The van der Waals surface area contributed by atoms with E-state index in [2.05, 4.69) is 29.4 Å². The van der Waals surface area contributed by atoms with E-state index in [1.54, 1.807) is 0 Å². The molecule has 1 aromatic carbocycles. The van der Waals surface area contributed by atoms with Crippen molar-refractivity contribution in [3.8, 4) is 0 Å². The molecule has 2 N–H and O–H groups in total. The summed E-state index contributed by atoms with van der Waals surface area (Å²) in [5, 5.41) is 10.2. The molecule has 26 heavy (non-hydrogen) atoms. The zero-order valence-corrected chi connectivity index (χ0v) is 16.1. The van der Waals surface area contributed by atoms with Crippen LogP contribution in [0.1, 0.15) is 50.2 Å². The molecule has 0 saturated carbocycles. The van der Waals surface area contributed by atoms with Gasteiger partial charge in [-0.15, -0.1) is 0 Å². The molecular formula is C19H26N4O2S. The second kappa shape index (κ2) is 8.60. The van der Waals surface area contributed by atoms with E-state index >= 15 is 0 Å². The van der Waals surface area contributed by atoms with Gasteiger partial charge in [0.1, 0.15) is 5.82 Å². The van der Waals surface area contributed by atoms with Crippen molar-refractivity contribution >= 4 is 18.1 Å². The molecule has 0 aliphatic carbocycles. The van der Waals surface area contributed by atoms with Crippen LogP contribution >= 0.6 is 12.2 Å². The highest BCUT2D eigenvalue weighted by atomic mass is 32.1. The minimum Gasteiger partial charge on any atom is -0.373 e. The number of aromatic amines is 1. The number of H-pyrrole nitrogens is 1. The average Bonchev–Trinajstić information content (AvgIpc) is 3.03. The van der Waals surface area contributed by atoms with Crippen molar-refractivity contribution in [2.45, 2.75) is 45.3 Å². The molecule has 1 aromatic heterocycles. The number of aromatic nitrogens is 3. The van der Waals surface area contributed by atoms with E-state index in [0.29, 0.717) is 24.3 Å². The standard InChI is InChI=1S/C19H26N4O2S/c1-13(2)23-16(21-22-19(23)26)10-11-20-18(24)15-9-6-12-25-17(15)14-7-4-3-5-8-14/h3-5,7-8,13,15,17H,6,9-12H2,1-2H3,(H,20,24)(H,22,26)/t15-,17-/m0/s1. The van der Waals surface area contributed by atoms with Gasteiger partial charge in [0.2, 0.25) is 5.91 Å². The van der Waals surface area contributed by atoms with Gasteiger partial charge in [0, 0.05) is 25.6 Å². The van der Waals surface area contributed by atoms with Crippen LogP contribution in [0.5, 0.6) is 0 Å². The smallest absolute Gasteiger partial charge is 0.226 e. The zero-order chi connectivity index (χ0) is 18.5. The van der Waals surface area contributed by atoms with Crippen LogP contribution in [0.25, 0.3) is 0 Å². The molecule has 6 nitrogen and oxygen atoms in total. The van der Waals surface area contributed by atoms with Gasteiger partial charge in [0.15, 0.2) is 4.77 Å². The Labute approximate surface area is 159 Å². The minimum absolute atomic E-state index is 0.0452. The number of rotatable bonds is 6. The first-order valence-corrected chi connectivity index (χ1v) is 9.58. The summed E-state index contributed by atoms with van der Waals surface area (Å²) in [4.78, 5) is 12.7. The highest BCUT2D eigenvalue weighted by Crippen LogP contribution is 2.33. The van der Waals surface area contributed by atoms with Crippen molar-refractivity contribution in [2.24, 2.45) is 5.92 Å². The van der Waals surface area contributed by atoms with E-state index in [-0.39, 0.29) is 24.0 Å². The summed E-state index contributed by atoms with van der Waals surface area (Å²) in [5.74, 6) is 0.755. The number of amides is 1. The Morgan fingerprint density at radius 2 is 2.19 bits per heavy atom. The molecule has 3 rings (SSSR count). The number of nitrogens with zero attached hydrogens (tertiary/aromatic N) is 2. The predicted molar refractivity (Wildman–Crippen MR) is 102 cm³/mol. The van der Waals surface area contributed by atoms with Crippen molar-refractivity contribution in [1.29, 1.82) is 0 Å². The van der Waals surface area contributed by atoms with Crippen molar-refractivity contribution in [3.63, 3.8) is 0 Å². The lowest BCUT2D eigenvalue weighted by atomic mass is 9.89. The van der Waals surface area contributed by atoms with Gasteiger partial charge in [0.05, 0.1) is 12.0 Å². The highest BCUT2D eigenvalue weighted by molar-refractivity contribution is 7.71. The summed E-state index contributed by atoms with van der Waals surface area (Å²) in [6.45, 7) is 5.37. The van der Waals surface area contributed by atoms with Gasteiger partial charge in [-0.1, -0.05) is 30.3 Å². The third-order valence-electron chi connectivity index (χ3n) is 4.73. The highest BCUT2D eigenvalue weighted by Gasteiger charge is 2.32. The summed E-state index contributed by atoms with van der Waals surface area (Å²) >= 11 is 5.26. The van der Waals surface area contributed by atoms with E-state index in [1.165, 1.54) is 0 Å². The van der Waals surface area contributed by atoms with Crippen molar-refractivity contribution in [1.82, 2.24) is 20.1 Å². The summed E-state index contributed by atoms with van der Waals surface area (Å²) in [6, 6.07) is 10.2. The maximum absolute atomic E-state index is 12.7. The van der Waals surface area contributed by atoms with Crippen LogP contribution in [0.15, 0.2) is 30.3 Å². The largest absolute Gasteiger partial charge is 0.373 e. The van der Waals surface area contributed by atoms with E-state index in [0.717, 1.165) is 24.2 Å². The van der Waals surface area contributed by atoms with E-state index in [4.69, 9.17) is 17.0 Å². The topological polar surface area (TPSA) is 71.9 Å². The zero-order valence-electron chi connectivity index (χ0n) is 15.3. The normalized spacial score (nSPS) is 20.3. The lowest BCUT2D eigenvalue weighted by Crippen LogP contribution is -2.38. The third kappa shape index (κ3) is 4.22. The fourth-order valence-electron chi connectivity index (χ4n) is 3.50. The number of benzene rings is 1. The van der Waals surface area contributed by atoms with Gasteiger partial charge in [-0.3, -0.25) is 9.89 Å². The molecule has 0 radical (unpaired) electrons. The first-order chi connectivity index (χ1) is 12.6. The number of hydrogen-bond donors (Lipinski definition) is 2. The van der Waals surface area contributed by atoms with Crippen LogP contribution in [0.3, 0.4) is 0 Å². The number of nitrogens with one attached hydrogen (secondary N) is 2. The molecule has 1 aliphatic rings. The Morgan fingerprint density at radius 3 is 2.92 bits per heavy atom. The van der Waals surface area contributed by atoms with Gasteiger partial charge in [-0.05, 0) is 44.5 Å². The average molecular weight is 375 g/mol. The van der Waals surface area contributed by atoms with E-state index in [9.17, 15) is 4.79 Å². The quantitative estimate of drug-likeness (QED) is 0.761. The fourth-order valence-corrected chi connectivity index (χ4v) is 3.86. The first kappa shape index (κ1) is 18.8. The first-order valence-electron chi connectivity index (χ1n) is 9.18. The van der Waals surface area contributed by atoms with Gasteiger partial charge in [-0.25, -0.2) is 0 Å². The number of hydrogen-bond acceptors (Lipinski definition) is 4. The minimum atomic E-state index is -0.171. The maximum Gasteiger partial charge on any atom is 0.226 e. The monoisotopic (exact) mass is 374 g/mol. The molecule has 2 atom stereocenters. The van der Waals surface area contributed by atoms with Crippen LogP contribution in [-0.4, -0.2) is 33.8 Å². The lowest BCUT2D eigenvalue weighted by Gasteiger charge is -2.31. The fraction of sp³-hybridized carbons (Fsp3) is 0.526. The van der Waals surface area contributed by atoms with Gasteiger partial charge >= 0.3 is 0 Å². The molecule has 0 bridgehead atoms. The number of carbonyl (C=O) groups is 1. The summed E-state index contributed by atoms with van der Waals surface area (Å²) < 4.78 is 8.52. The van der Waals surface area contributed by atoms with Crippen LogP contribution in [0, 0.1) is 10.7 Å². The molecule has 2 heterocycles. The Balaban J connectivity index is 1.61. The molecule has 1 fully saturated rings. The molecule has 140 valence electrons. The van der Waals surface area contributed by atoms with Gasteiger partial charge in [-0.2, -0.15) is 5.10 Å². The molecule has 1 aliphatic heterocycles. The Bertz CT molecular complexity index is 784. The van der Waals surface area contributed by atoms with Crippen molar-refractivity contribution in [3.05, 3.63) is 46.5 Å². The van der Waals surface area contributed by atoms with Crippen molar-refractivity contribution in [2.75, 3.05) is 13.2 Å². The van der Waals surface area contributed by atoms with Crippen LogP contribution < -0.4 is 5.32 Å². The molecule has 1 amide bonds. The Morgan fingerprint density at radius 1 is 1.42 bits per heavy atom. The summed E-state index contributed by atoms with van der Waals surface area (Å²) in [5.41, 5.74) is 1.06. The molecule has 0 unspecified atom stereocenters. The summed E-state index contributed by atoms with van der Waals surface area (Å²) in [7, 11) is 0. The number of ether oxygens (including phenoxy) is 1. The van der Waals surface area contributed by atoms with Gasteiger partial charge < -0.3 is 14.6 Å². The Hall–Kier alpha value is -1.99. The number of carbonyl (C=O) groups excluding carboxylic acids is 1. The Kier molecular flexibility index (Phi) is 6.21. The molecular weight excluding hydrogens is 348 g/mol. The van der Waals surface area contributed by atoms with Gasteiger partial charge in [0.25, 0.3) is 0 Å². The summed E-state index contributed by atoms with van der Waals surface area (Å²) in [6.07, 6.45) is 2.22. The third-order valence-corrected chi connectivity index (χ3v) is 5.02. The SMILES string of the molecule is CC(C)n1c(CCNC(=O)[C@H]2CCCO[C@H]2c2ccccc2)n[nH]c1=S. The second-order valence-corrected chi connectivity index (χ2v) is 7.29. The van der Waals surface area contributed by atoms with Crippen LogP contribution in [0.2, 0.25) is 0 Å². The maximum atomic E-state index is 12.7. The predicted octanol–water partition coefficient (Wildman–Crippen LogP) is 3.35. The molecule has 2 aromatic rings. The molecule has 1 saturated heterocycles. The van der Waals surface area contributed by atoms with Crippen LogP contribution in [-0.2, 0) is 16.0 Å². The van der Waals surface area contributed by atoms with Crippen molar-refractivity contribution < 1.29 is 9.53 Å². The van der Waals surface area contributed by atoms with E-state index < -0.39 is 0 Å². The van der Waals surface area contributed by atoms with E-state index in [1.807, 2.05) is 34.9 Å². The molecule has 7 heteroatoms. The lowest BCUT2D eigenvalue weighted by molar-refractivity contribution is -0.134.